The van der Waals surface area contributed by atoms with Gasteiger partial charge in [-0.15, -0.1) is 0 Å². The van der Waals surface area contributed by atoms with Crippen molar-refractivity contribution in [2.75, 3.05) is 0 Å². The molecular weight excluding hydrogens is 183 g/mol. The zero-order chi connectivity index (χ0) is 6.10. The zero-order valence-electron chi connectivity index (χ0n) is 4.35. The Labute approximate surface area is 57.2 Å². The Balaban J connectivity index is 2.95. The SMILES string of the molecule is c1ncc2n[se]nc2n1. The molecule has 44 valence electrons. The van der Waals surface area contributed by atoms with Gasteiger partial charge < -0.3 is 0 Å². The van der Waals surface area contributed by atoms with Gasteiger partial charge in [0.2, 0.25) is 0 Å². The van der Waals surface area contributed by atoms with Crippen molar-refractivity contribution >= 4 is 26.1 Å². The Hall–Kier alpha value is -0.801. The monoisotopic (exact) mass is 186 g/mol. The second-order valence-corrected chi connectivity index (χ2v) is 2.60. The van der Waals surface area contributed by atoms with Crippen LogP contribution in [0.5, 0.6) is 0 Å². The summed E-state index contributed by atoms with van der Waals surface area (Å²) in [6.07, 6.45) is 3.17. The van der Waals surface area contributed by atoms with Crippen LogP contribution in [-0.4, -0.2) is 32.9 Å². The Kier molecular flexibility index (Phi) is 1.04. The van der Waals surface area contributed by atoms with Crippen LogP contribution in [0.25, 0.3) is 11.2 Å². The molecule has 0 aliphatic heterocycles. The Morgan fingerprint density at radius 1 is 1.33 bits per heavy atom. The van der Waals surface area contributed by atoms with E-state index in [-0.39, 0.29) is 15.0 Å². The molecular formula is C4H2N4Se. The summed E-state index contributed by atoms with van der Waals surface area (Å²) in [7, 11) is 0. The normalized spacial score (nSPS) is 10.2. The van der Waals surface area contributed by atoms with Crippen molar-refractivity contribution in [1.29, 1.82) is 0 Å². The fourth-order valence-electron chi connectivity index (χ4n) is 0.554. The van der Waals surface area contributed by atoms with Gasteiger partial charge in [-0.05, 0) is 0 Å². The molecule has 0 spiro atoms. The van der Waals surface area contributed by atoms with Crippen LogP contribution in [0.1, 0.15) is 0 Å². The molecule has 0 fully saturated rings. The van der Waals surface area contributed by atoms with Crippen LogP contribution in [-0.2, 0) is 0 Å². The van der Waals surface area contributed by atoms with Gasteiger partial charge in [-0.1, -0.05) is 0 Å². The minimum atomic E-state index is 0.0262. The average Bonchev–Trinajstić information content (AvgIpc) is 2.33. The fraction of sp³-hybridized carbons (Fsp3) is 0. The molecule has 5 heteroatoms. The molecule has 0 atom stereocenters. The van der Waals surface area contributed by atoms with Crippen LogP contribution in [0.3, 0.4) is 0 Å². The quantitative estimate of drug-likeness (QED) is 0.518. The molecule has 0 aliphatic rings. The predicted molar refractivity (Wildman–Crippen MR) is 32.1 cm³/mol. The van der Waals surface area contributed by atoms with Gasteiger partial charge in [0.05, 0.1) is 0 Å². The summed E-state index contributed by atoms with van der Waals surface area (Å²) in [5, 5.41) is 0. The van der Waals surface area contributed by atoms with Crippen molar-refractivity contribution < 1.29 is 0 Å². The second-order valence-electron chi connectivity index (χ2n) is 1.50. The van der Waals surface area contributed by atoms with E-state index >= 15 is 0 Å². The number of rotatable bonds is 0. The summed E-state index contributed by atoms with van der Waals surface area (Å²) >= 11 is 0.0262. The van der Waals surface area contributed by atoms with Crippen molar-refractivity contribution in [2.45, 2.75) is 0 Å². The van der Waals surface area contributed by atoms with Gasteiger partial charge >= 0.3 is 56.6 Å². The number of hydrogen-bond acceptors (Lipinski definition) is 4. The first-order chi connectivity index (χ1) is 4.47. The molecule has 0 N–H and O–H groups in total. The first kappa shape index (κ1) is 5.02. The van der Waals surface area contributed by atoms with E-state index in [2.05, 4.69) is 17.9 Å². The maximum atomic E-state index is 4.07. The van der Waals surface area contributed by atoms with Crippen LogP contribution >= 0.6 is 0 Å². The molecule has 0 unspecified atom stereocenters. The topological polar surface area (TPSA) is 51.6 Å². The Bertz CT molecular complexity index is 287. The molecule has 9 heavy (non-hydrogen) atoms. The van der Waals surface area contributed by atoms with E-state index < -0.39 is 0 Å². The first-order valence-corrected chi connectivity index (χ1v) is 3.88. The van der Waals surface area contributed by atoms with E-state index in [4.69, 9.17) is 0 Å². The molecule has 2 rings (SSSR count). The summed E-state index contributed by atoms with van der Waals surface area (Å²) in [4.78, 5) is 7.70. The van der Waals surface area contributed by atoms with Gasteiger partial charge in [-0.2, -0.15) is 0 Å². The van der Waals surface area contributed by atoms with E-state index in [1.807, 2.05) is 0 Å². The third-order valence-corrected chi connectivity index (χ3v) is 2.06. The average molecular weight is 185 g/mol. The van der Waals surface area contributed by atoms with Gasteiger partial charge in [0, 0.05) is 0 Å². The molecule has 0 saturated carbocycles. The number of fused-ring (bicyclic) bond motifs is 1. The zero-order valence-corrected chi connectivity index (χ0v) is 6.06. The van der Waals surface area contributed by atoms with E-state index in [0.717, 1.165) is 11.2 Å². The summed E-state index contributed by atoms with van der Waals surface area (Å²) in [6.45, 7) is 0. The van der Waals surface area contributed by atoms with Crippen LogP contribution < -0.4 is 0 Å². The molecule has 0 aromatic carbocycles. The van der Waals surface area contributed by atoms with E-state index in [9.17, 15) is 0 Å². The Morgan fingerprint density at radius 3 is 3.22 bits per heavy atom. The fourth-order valence-corrected chi connectivity index (χ4v) is 1.55. The van der Waals surface area contributed by atoms with Crippen LogP contribution in [0.4, 0.5) is 0 Å². The molecule has 0 saturated heterocycles. The molecule has 0 radical (unpaired) electrons. The van der Waals surface area contributed by atoms with Crippen LogP contribution in [0.15, 0.2) is 12.5 Å². The Morgan fingerprint density at radius 2 is 2.33 bits per heavy atom. The maximum absolute atomic E-state index is 4.07. The molecule has 2 heterocycles. The first-order valence-electron chi connectivity index (χ1n) is 2.35. The number of nitrogens with zero attached hydrogens (tertiary/aromatic N) is 4. The van der Waals surface area contributed by atoms with E-state index in [0.29, 0.717) is 0 Å². The van der Waals surface area contributed by atoms with Gasteiger partial charge in [-0.25, -0.2) is 0 Å². The van der Waals surface area contributed by atoms with Crippen molar-refractivity contribution in [3.8, 4) is 0 Å². The number of hydrogen-bond donors (Lipinski definition) is 0. The van der Waals surface area contributed by atoms with Gasteiger partial charge in [0.15, 0.2) is 0 Å². The van der Waals surface area contributed by atoms with E-state index in [1.54, 1.807) is 6.20 Å². The summed E-state index contributed by atoms with van der Waals surface area (Å²) < 4.78 is 8.11. The van der Waals surface area contributed by atoms with Crippen LogP contribution in [0, 0.1) is 0 Å². The third kappa shape index (κ3) is 0.742. The summed E-state index contributed by atoms with van der Waals surface area (Å²) in [5.74, 6) is 0. The molecule has 2 aromatic heterocycles. The van der Waals surface area contributed by atoms with Gasteiger partial charge in [0.25, 0.3) is 0 Å². The predicted octanol–water partition coefficient (Wildman–Crippen LogP) is -0.523. The second kappa shape index (κ2) is 1.86. The number of aromatic nitrogens is 4. The molecule has 2 aromatic rings. The van der Waals surface area contributed by atoms with Crippen molar-refractivity contribution in [2.24, 2.45) is 0 Å². The van der Waals surface area contributed by atoms with Crippen molar-refractivity contribution in [1.82, 2.24) is 17.9 Å². The molecule has 4 nitrogen and oxygen atoms in total. The summed E-state index contributed by atoms with van der Waals surface area (Å²) in [5.41, 5.74) is 1.57. The van der Waals surface area contributed by atoms with Gasteiger partial charge in [0.1, 0.15) is 0 Å². The van der Waals surface area contributed by atoms with Gasteiger partial charge in [-0.3, -0.25) is 0 Å². The standard InChI is InChI=1S/C4H2N4Se/c1-3-4(6-2-5-1)8-9-7-3/h1-2H. The molecule has 0 amide bonds. The molecule has 0 aliphatic carbocycles. The molecule has 0 bridgehead atoms. The van der Waals surface area contributed by atoms with Crippen molar-refractivity contribution in [3.05, 3.63) is 12.5 Å². The summed E-state index contributed by atoms with van der Waals surface area (Å²) in [6, 6.07) is 0. The third-order valence-electron chi connectivity index (χ3n) is 0.939. The van der Waals surface area contributed by atoms with E-state index in [1.165, 1.54) is 6.33 Å². The van der Waals surface area contributed by atoms with Crippen molar-refractivity contribution in [3.63, 3.8) is 0 Å². The van der Waals surface area contributed by atoms with Crippen LogP contribution in [0.2, 0.25) is 0 Å². The minimum absolute atomic E-state index is 0.0262.